The van der Waals surface area contributed by atoms with Gasteiger partial charge in [-0.3, -0.25) is 4.79 Å². The van der Waals surface area contributed by atoms with Crippen LogP contribution in [0.25, 0.3) is 0 Å². The SMILES string of the molecule is COc1cccc(CNC(=O)COC(=O)c2ccc(C)c(F)c2)c1. The van der Waals surface area contributed by atoms with Gasteiger partial charge in [-0.1, -0.05) is 18.2 Å². The van der Waals surface area contributed by atoms with Gasteiger partial charge < -0.3 is 14.8 Å². The third kappa shape index (κ3) is 4.81. The third-order valence-corrected chi connectivity index (χ3v) is 3.37. The summed E-state index contributed by atoms with van der Waals surface area (Å²) < 4.78 is 23.4. The highest BCUT2D eigenvalue weighted by Gasteiger charge is 2.12. The van der Waals surface area contributed by atoms with Crippen molar-refractivity contribution in [2.45, 2.75) is 13.5 Å². The molecule has 1 amide bonds. The van der Waals surface area contributed by atoms with E-state index in [1.807, 2.05) is 12.1 Å². The number of halogens is 1. The molecule has 0 aliphatic heterocycles. The summed E-state index contributed by atoms with van der Waals surface area (Å²) in [6.45, 7) is 1.45. The van der Waals surface area contributed by atoms with Gasteiger partial charge in [0.05, 0.1) is 12.7 Å². The van der Waals surface area contributed by atoms with E-state index in [9.17, 15) is 14.0 Å². The van der Waals surface area contributed by atoms with Crippen LogP contribution in [0.4, 0.5) is 4.39 Å². The minimum Gasteiger partial charge on any atom is -0.497 e. The predicted molar refractivity (Wildman–Crippen MR) is 86.3 cm³/mol. The number of hydrogen-bond acceptors (Lipinski definition) is 4. The number of carbonyl (C=O) groups excluding carboxylic acids is 2. The fraction of sp³-hybridized carbons (Fsp3) is 0.222. The maximum absolute atomic E-state index is 13.4. The van der Waals surface area contributed by atoms with Gasteiger partial charge >= 0.3 is 5.97 Å². The zero-order valence-electron chi connectivity index (χ0n) is 13.5. The van der Waals surface area contributed by atoms with Gasteiger partial charge in [0.15, 0.2) is 6.61 Å². The molecule has 2 rings (SSSR count). The Morgan fingerprint density at radius 2 is 1.96 bits per heavy atom. The van der Waals surface area contributed by atoms with E-state index in [-0.39, 0.29) is 12.1 Å². The highest BCUT2D eigenvalue weighted by molar-refractivity contribution is 5.91. The average Bonchev–Trinajstić information content (AvgIpc) is 2.60. The number of rotatable bonds is 6. The molecule has 2 aromatic carbocycles. The monoisotopic (exact) mass is 331 g/mol. The standard InChI is InChI=1S/C18H18FNO4/c1-12-6-7-14(9-16(12)19)18(22)24-11-17(21)20-10-13-4-3-5-15(8-13)23-2/h3-9H,10-11H2,1-2H3,(H,20,21). The van der Waals surface area contributed by atoms with E-state index in [4.69, 9.17) is 9.47 Å². The maximum atomic E-state index is 13.4. The second-order valence-electron chi connectivity index (χ2n) is 5.17. The van der Waals surface area contributed by atoms with Gasteiger partial charge in [0.25, 0.3) is 5.91 Å². The van der Waals surface area contributed by atoms with E-state index >= 15 is 0 Å². The molecule has 6 heteroatoms. The van der Waals surface area contributed by atoms with Crippen molar-refractivity contribution in [3.05, 3.63) is 65.0 Å². The molecule has 0 atom stereocenters. The normalized spacial score (nSPS) is 10.1. The van der Waals surface area contributed by atoms with E-state index in [2.05, 4.69) is 5.32 Å². The number of ether oxygens (including phenoxy) is 2. The number of esters is 1. The van der Waals surface area contributed by atoms with E-state index in [0.29, 0.717) is 11.3 Å². The van der Waals surface area contributed by atoms with Crippen LogP contribution in [0.1, 0.15) is 21.5 Å². The summed E-state index contributed by atoms with van der Waals surface area (Å²) in [6.07, 6.45) is 0. The molecule has 0 aliphatic carbocycles. The molecular weight excluding hydrogens is 313 g/mol. The number of methoxy groups -OCH3 is 1. The minimum absolute atomic E-state index is 0.0682. The lowest BCUT2D eigenvalue weighted by molar-refractivity contribution is -0.124. The van der Waals surface area contributed by atoms with Gasteiger partial charge in [-0.05, 0) is 42.3 Å². The Labute approximate surface area is 139 Å². The average molecular weight is 331 g/mol. The van der Waals surface area contributed by atoms with Gasteiger partial charge in [-0.25, -0.2) is 9.18 Å². The van der Waals surface area contributed by atoms with Crippen molar-refractivity contribution >= 4 is 11.9 Å². The molecule has 0 aliphatic rings. The molecule has 0 spiro atoms. The number of carbonyl (C=O) groups is 2. The van der Waals surface area contributed by atoms with Crippen molar-refractivity contribution in [2.24, 2.45) is 0 Å². The van der Waals surface area contributed by atoms with Crippen LogP contribution in [-0.4, -0.2) is 25.6 Å². The largest absolute Gasteiger partial charge is 0.497 e. The predicted octanol–water partition coefficient (Wildman–Crippen LogP) is 2.62. The Morgan fingerprint density at radius 1 is 1.17 bits per heavy atom. The lowest BCUT2D eigenvalue weighted by Gasteiger charge is -2.08. The Hall–Kier alpha value is -2.89. The van der Waals surface area contributed by atoms with E-state index < -0.39 is 24.3 Å². The number of amides is 1. The summed E-state index contributed by atoms with van der Waals surface area (Å²) in [5, 5.41) is 2.63. The quantitative estimate of drug-likeness (QED) is 0.827. The summed E-state index contributed by atoms with van der Waals surface area (Å²) >= 11 is 0. The van der Waals surface area contributed by atoms with Crippen LogP contribution in [0.15, 0.2) is 42.5 Å². The summed E-state index contributed by atoms with van der Waals surface area (Å²) in [5.74, 6) is -0.995. The summed E-state index contributed by atoms with van der Waals surface area (Å²) in [4.78, 5) is 23.5. The molecule has 126 valence electrons. The zero-order valence-corrected chi connectivity index (χ0v) is 13.5. The summed E-state index contributed by atoms with van der Waals surface area (Å²) in [6, 6.07) is 11.3. The van der Waals surface area contributed by atoms with E-state index in [1.54, 1.807) is 26.2 Å². The first-order valence-electron chi connectivity index (χ1n) is 7.32. The minimum atomic E-state index is -0.745. The molecule has 0 fully saturated rings. The Balaban J connectivity index is 1.82. The molecule has 2 aromatic rings. The van der Waals surface area contributed by atoms with Crippen molar-refractivity contribution in [1.29, 1.82) is 0 Å². The van der Waals surface area contributed by atoms with Gasteiger partial charge in [0, 0.05) is 6.54 Å². The van der Waals surface area contributed by atoms with Crippen LogP contribution in [0, 0.1) is 12.7 Å². The lowest BCUT2D eigenvalue weighted by atomic mass is 10.1. The molecule has 0 unspecified atom stereocenters. The van der Waals surface area contributed by atoms with Crippen molar-refractivity contribution < 1.29 is 23.5 Å². The summed E-state index contributed by atoms with van der Waals surface area (Å²) in [7, 11) is 1.56. The Bertz CT molecular complexity index is 746. The van der Waals surface area contributed by atoms with Crippen molar-refractivity contribution in [3.63, 3.8) is 0 Å². The fourth-order valence-electron chi connectivity index (χ4n) is 1.97. The van der Waals surface area contributed by atoms with Gasteiger partial charge in [0.2, 0.25) is 0 Å². The van der Waals surface area contributed by atoms with E-state index in [0.717, 1.165) is 11.6 Å². The highest BCUT2D eigenvalue weighted by Crippen LogP contribution is 2.12. The molecule has 0 saturated carbocycles. The van der Waals surface area contributed by atoms with Crippen LogP contribution < -0.4 is 10.1 Å². The second-order valence-corrected chi connectivity index (χ2v) is 5.17. The number of aryl methyl sites for hydroxylation is 1. The van der Waals surface area contributed by atoms with Crippen molar-refractivity contribution in [2.75, 3.05) is 13.7 Å². The first-order valence-corrected chi connectivity index (χ1v) is 7.32. The van der Waals surface area contributed by atoms with Gasteiger partial charge in [-0.15, -0.1) is 0 Å². The Morgan fingerprint density at radius 3 is 2.67 bits per heavy atom. The molecule has 0 saturated heterocycles. The van der Waals surface area contributed by atoms with Crippen LogP contribution in [0.3, 0.4) is 0 Å². The maximum Gasteiger partial charge on any atom is 0.338 e. The van der Waals surface area contributed by atoms with Crippen LogP contribution in [0.2, 0.25) is 0 Å². The fourth-order valence-corrected chi connectivity index (χ4v) is 1.97. The zero-order chi connectivity index (χ0) is 17.5. The molecule has 0 heterocycles. The summed E-state index contributed by atoms with van der Waals surface area (Å²) in [5.41, 5.74) is 1.36. The molecule has 5 nitrogen and oxygen atoms in total. The molecule has 0 aromatic heterocycles. The first kappa shape index (κ1) is 17.5. The second kappa shape index (κ2) is 8.10. The van der Waals surface area contributed by atoms with Gasteiger partial charge in [0.1, 0.15) is 11.6 Å². The third-order valence-electron chi connectivity index (χ3n) is 3.37. The Kier molecular flexibility index (Phi) is 5.89. The number of nitrogens with one attached hydrogen (secondary N) is 1. The van der Waals surface area contributed by atoms with Crippen molar-refractivity contribution in [1.82, 2.24) is 5.32 Å². The number of hydrogen-bond donors (Lipinski definition) is 1. The topological polar surface area (TPSA) is 64.6 Å². The van der Waals surface area contributed by atoms with Crippen LogP contribution >= 0.6 is 0 Å². The first-order chi connectivity index (χ1) is 11.5. The molecule has 1 N–H and O–H groups in total. The van der Waals surface area contributed by atoms with Crippen LogP contribution in [-0.2, 0) is 16.1 Å². The lowest BCUT2D eigenvalue weighted by Crippen LogP contribution is -2.28. The highest BCUT2D eigenvalue weighted by atomic mass is 19.1. The molecular formula is C18H18FNO4. The van der Waals surface area contributed by atoms with Gasteiger partial charge in [-0.2, -0.15) is 0 Å². The van der Waals surface area contributed by atoms with Crippen LogP contribution in [0.5, 0.6) is 5.75 Å². The molecule has 0 radical (unpaired) electrons. The molecule has 0 bridgehead atoms. The molecule has 24 heavy (non-hydrogen) atoms. The van der Waals surface area contributed by atoms with E-state index in [1.165, 1.54) is 12.1 Å². The van der Waals surface area contributed by atoms with Crippen molar-refractivity contribution in [3.8, 4) is 5.75 Å². The number of benzene rings is 2. The smallest absolute Gasteiger partial charge is 0.338 e.